The molecule has 3 nitrogen and oxygen atoms in total. The Bertz CT molecular complexity index is 405. The summed E-state index contributed by atoms with van der Waals surface area (Å²) >= 11 is 4.97. The molecule has 1 unspecified atom stereocenters. The molecule has 0 saturated carbocycles. The maximum atomic E-state index is 5.59. The molecule has 0 amide bonds. The predicted octanol–water partition coefficient (Wildman–Crippen LogP) is 2.63. The normalized spacial score (nSPS) is 19.8. The molecule has 1 aliphatic rings. The van der Waals surface area contributed by atoms with Crippen molar-refractivity contribution in [2.45, 2.75) is 26.0 Å². The van der Waals surface area contributed by atoms with Gasteiger partial charge in [-0.15, -0.1) is 0 Å². The van der Waals surface area contributed by atoms with Gasteiger partial charge in [-0.1, -0.05) is 12.1 Å². The van der Waals surface area contributed by atoms with E-state index in [2.05, 4.69) is 17.0 Å². The Labute approximate surface area is 114 Å². The lowest BCUT2D eigenvalue weighted by Gasteiger charge is -2.16. The maximum Gasteiger partial charge on any atom is 0.157 e. The van der Waals surface area contributed by atoms with E-state index in [1.807, 2.05) is 19.1 Å². The van der Waals surface area contributed by atoms with Gasteiger partial charge >= 0.3 is 0 Å². The highest BCUT2D eigenvalue weighted by molar-refractivity contribution is 7.80. The van der Waals surface area contributed by atoms with Crippen LogP contribution in [-0.2, 0) is 11.3 Å². The summed E-state index contributed by atoms with van der Waals surface area (Å²) in [5.41, 5.74) is 1.30. The van der Waals surface area contributed by atoms with Gasteiger partial charge in [0, 0.05) is 26.6 Å². The second-order valence-corrected chi connectivity index (χ2v) is 5.18. The number of ether oxygens (including phenoxy) is 2. The summed E-state index contributed by atoms with van der Waals surface area (Å²) in [4.78, 5) is 2.39. The fourth-order valence-corrected chi connectivity index (χ4v) is 2.40. The third kappa shape index (κ3) is 3.68. The summed E-state index contributed by atoms with van der Waals surface area (Å²) in [7, 11) is 1.69. The van der Waals surface area contributed by atoms with Gasteiger partial charge in [0.05, 0.1) is 7.11 Å². The molecule has 0 spiro atoms. The molecule has 4 heteroatoms. The van der Waals surface area contributed by atoms with Crippen molar-refractivity contribution in [2.24, 2.45) is 0 Å². The number of thiocarbonyl (C=S) groups is 1. The Morgan fingerprint density at radius 2 is 2.11 bits per heavy atom. The van der Waals surface area contributed by atoms with Crippen molar-refractivity contribution in [3.8, 4) is 5.75 Å². The second-order valence-electron chi connectivity index (χ2n) is 4.60. The highest BCUT2D eigenvalue weighted by atomic mass is 32.1. The van der Waals surface area contributed by atoms with Gasteiger partial charge in [-0.25, -0.2) is 0 Å². The van der Waals surface area contributed by atoms with Gasteiger partial charge in [0.1, 0.15) is 11.9 Å². The number of hydrogen-bond acceptors (Lipinski definition) is 4. The first kappa shape index (κ1) is 13.3. The zero-order chi connectivity index (χ0) is 13.0. The van der Waals surface area contributed by atoms with Gasteiger partial charge in [-0.05, 0) is 36.3 Å². The van der Waals surface area contributed by atoms with Crippen molar-refractivity contribution in [3.63, 3.8) is 0 Å². The van der Waals surface area contributed by atoms with Crippen LogP contribution in [0.2, 0.25) is 0 Å². The number of rotatable bonds is 4. The average Bonchev–Trinajstić information content (AvgIpc) is 2.76. The van der Waals surface area contributed by atoms with E-state index < -0.39 is 0 Å². The molecule has 1 heterocycles. The first-order chi connectivity index (χ1) is 8.67. The van der Waals surface area contributed by atoms with E-state index in [4.69, 9.17) is 21.7 Å². The van der Waals surface area contributed by atoms with Crippen LogP contribution in [0.5, 0.6) is 5.75 Å². The van der Waals surface area contributed by atoms with Crippen LogP contribution in [0.4, 0.5) is 0 Å². The van der Waals surface area contributed by atoms with Gasteiger partial charge in [-0.2, -0.15) is 0 Å². The van der Waals surface area contributed by atoms with Crippen LogP contribution < -0.4 is 4.74 Å². The van der Waals surface area contributed by atoms with Gasteiger partial charge in [0.25, 0.3) is 0 Å². The standard InChI is InChI=1S/C14H19NO2S/c1-11(18)17-14-7-8-15(10-14)9-12-3-5-13(16-2)6-4-12/h3-6,14H,7-10H2,1-2H3. The molecule has 1 aromatic rings. The third-order valence-corrected chi connectivity index (χ3v) is 3.22. The zero-order valence-corrected chi connectivity index (χ0v) is 11.7. The highest BCUT2D eigenvalue weighted by Crippen LogP contribution is 2.18. The SMILES string of the molecule is COc1ccc(CN2CCC(OC(C)=S)C2)cc1. The molecule has 1 aromatic carbocycles. The van der Waals surface area contributed by atoms with E-state index in [0.29, 0.717) is 5.05 Å². The highest BCUT2D eigenvalue weighted by Gasteiger charge is 2.23. The van der Waals surface area contributed by atoms with E-state index in [9.17, 15) is 0 Å². The molecule has 0 aliphatic carbocycles. The Hall–Kier alpha value is -1.13. The molecule has 0 N–H and O–H groups in total. The second kappa shape index (κ2) is 6.16. The minimum atomic E-state index is 0.265. The smallest absolute Gasteiger partial charge is 0.157 e. The number of nitrogens with zero attached hydrogens (tertiary/aromatic N) is 1. The lowest BCUT2D eigenvalue weighted by Crippen LogP contribution is -2.23. The summed E-state index contributed by atoms with van der Waals surface area (Å²) in [6.45, 7) is 4.82. The number of methoxy groups -OCH3 is 1. The minimum Gasteiger partial charge on any atom is -0.497 e. The molecule has 1 saturated heterocycles. The summed E-state index contributed by atoms with van der Waals surface area (Å²) in [6.07, 6.45) is 1.32. The van der Waals surface area contributed by atoms with Crippen LogP contribution in [0.3, 0.4) is 0 Å². The average molecular weight is 265 g/mol. The quantitative estimate of drug-likeness (QED) is 0.780. The summed E-state index contributed by atoms with van der Waals surface area (Å²) in [5, 5.41) is 0.645. The molecule has 0 aromatic heterocycles. The Morgan fingerprint density at radius 1 is 1.39 bits per heavy atom. The predicted molar refractivity (Wildman–Crippen MR) is 76.0 cm³/mol. The first-order valence-electron chi connectivity index (χ1n) is 6.20. The molecule has 0 bridgehead atoms. The zero-order valence-electron chi connectivity index (χ0n) is 10.9. The fraction of sp³-hybridized carbons (Fsp3) is 0.500. The van der Waals surface area contributed by atoms with Crippen LogP contribution in [0, 0.1) is 0 Å². The van der Waals surface area contributed by atoms with Crippen molar-refractivity contribution < 1.29 is 9.47 Å². The van der Waals surface area contributed by atoms with Crippen LogP contribution in [0.25, 0.3) is 0 Å². The van der Waals surface area contributed by atoms with E-state index >= 15 is 0 Å². The van der Waals surface area contributed by atoms with Crippen molar-refractivity contribution in [1.82, 2.24) is 4.90 Å². The minimum absolute atomic E-state index is 0.265. The van der Waals surface area contributed by atoms with Crippen molar-refractivity contribution in [3.05, 3.63) is 29.8 Å². The van der Waals surface area contributed by atoms with Crippen LogP contribution in [-0.4, -0.2) is 36.3 Å². The molecule has 18 heavy (non-hydrogen) atoms. The molecule has 1 atom stereocenters. The fourth-order valence-electron chi connectivity index (χ4n) is 2.26. The van der Waals surface area contributed by atoms with E-state index in [-0.39, 0.29) is 6.10 Å². The topological polar surface area (TPSA) is 21.7 Å². The lowest BCUT2D eigenvalue weighted by molar-refractivity contribution is 0.190. The van der Waals surface area contributed by atoms with Gasteiger partial charge < -0.3 is 9.47 Å². The maximum absolute atomic E-state index is 5.59. The largest absolute Gasteiger partial charge is 0.497 e. The molecular weight excluding hydrogens is 246 g/mol. The number of hydrogen-bond donors (Lipinski definition) is 0. The molecular formula is C14H19NO2S. The third-order valence-electron chi connectivity index (χ3n) is 3.13. The van der Waals surface area contributed by atoms with Gasteiger partial charge in [0.2, 0.25) is 0 Å². The number of likely N-dealkylation sites (tertiary alicyclic amines) is 1. The summed E-state index contributed by atoms with van der Waals surface area (Å²) in [6, 6.07) is 8.22. The van der Waals surface area contributed by atoms with E-state index in [1.165, 1.54) is 5.56 Å². The van der Waals surface area contributed by atoms with Crippen LogP contribution in [0.15, 0.2) is 24.3 Å². The van der Waals surface area contributed by atoms with Gasteiger partial charge in [0.15, 0.2) is 5.05 Å². The molecule has 1 aliphatic heterocycles. The molecule has 98 valence electrons. The monoisotopic (exact) mass is 265 g/mol. The van der Waals surface area contributed by atoms with Gasteiger partial charge in [-0.3, -0.25) is 4.90 Å². The lowest BCUT2D eigenvalue weighted by atomic mass is 10.2. The van der Waals surface area contributed by atoms with E-state index in [1.54, 1.807) is 7.11 Å². The molecule has 0 radical (unpaired) electrons. The van der Waals surface area contributed by atoms with Crippen LogP contribution in [0.1, 0.15) is 18.9 Å². The Balaban J connectivity index is 1.85. The molecule has 2 rings (SSSR count). The van der Waals surface area contributed by atoms with Crippen molar-refractivity contribution >= 4 is 17.3 Å². The Kier molecular flexibility index (Phi) is 4.55. The molecule has 1 fully saturated rings. The van der Waals surface area contributed by atoms with Crippen molar-refractivity contribution in [2.75, 3.05) is 20.2 Å². The summed E-state index contributed by atoms with van der Waals surface area (Å²) in [5.74, 6) is 0.901. The van der Waals surface area contributed by atoms with Crippen molar-refractivity contribution in [1.29, 1.82) is 0 Å². The first-order valence-corrected chi connectivity index (χ1v) is 6.60. The Morgan fingerprint density at radius 3 is 2.72 bits per heavy atom. The van der Waals surface area contributed by atoms with E-state index in [0.717, 1.165) is 31.8 Å². The van der Waals surface area contributed by atoms with Crippen LogP contribution >= 0.6 is 12.2 Å². The number of benzene rings is 1. The summed E-state index contributed by atoms with van der Waals surface area (Å²) < 4.78 is 10.7.